The number of nitrogens with zero attached hydrogens (tertiary/aromatic N) is 4. The lowest BCUT2D eigenvalue weighted by Gasteiger charge is -2.46. The largest absolute Gasteiger partial charge is 0.383 e. The van der Waals surface area contributed by atoms with Gasteiger partial charge in [0.05, 0.1) is 32.2 Å². The van der Waals surface area contributed by atoms with E-state index in [2.05, 4.69) is 21.6 Å². The van der Waals surface area contributed by atoms with Crippen LogP contribution in [0.4, 0.5) is 5.82 Å². The Balaban J connectivity index is 1.48. The van der Waals surface area contributed by atoms with Gasteiger partial charge < -0.3 is 14.8 Å². The molecular weight excluding hydrogens is 346 g/mol. The van der Waals surface area contributed by atoms with Crippen molar-refractivity contribution in [2.75, 3.05) is 32.8 Å². The molecule has 2 heterocycles. The molecule has 2 bridgehead atoms. The zero-order chi connectivity index (χ0) is 18.9. The Labute approximate surface area is 158 Å². The van der Waals surface area contributed by atoms with E-state index in [9.17, 15) is 4.79 Å². The molecule has 2 aromatic rings. The Morgan fingerprint density at radius 2 is 2.11 bits per heavy atom. The highest BCUT2D eigenvalue weighted by molar-refractivity contribution is 5.94. The Bertz CT molecular complexity index is 797. The molecule has 5 rings (SSSR count). The van der Waals surface area contributed by atoms with Crippen LogP contribution in [-0.4, -0.2) is 52.9 Å². The number of nitrogens with one attached hydrogen (secondary N) is 1. The highest BCUT2D eigenvalue weighted by Gasteiger charge is 2.63. The molecule has 1 N–H and O–H groups in total. The van der Waals surface area contributed by atoms with Gasteiger partial charge in [0.2, 0.25) is 5.91 Å². The monoisotopic (exact) mass is 373 g/mol. The minimum atomic E-state index is -0.0996. The number of hydrogen-bond donors (Lipinski definition) is 1. The van der Waals surface area contributed by atoms with E-state index in [0.717, 1.165) is 19.3 Å². The molecule has 8 nitrogen and oxygen atoms in total. The SMILES string of the molecule is COCCn1ccc(NC(=O)C2C3CCC2(c2ccnn2CCOC)C3)n1. The molecule has 8 heteroatoms. The molecule has 0 aromatic carbocycles. The molecule has 0 aliphatic heterocycles. The maximum atomic E-state index is 13.1. The van der Waals surface area contributed by atoms with Gasteiger partial charge in [0.1, 0.15) is 0 Å². The second kappa shape index (κ2) is 7.44. The molecule has 1 amide bonds. The summed E-state index contributed by atoms with van der Waals surface area (Å²) in [7, 11) is 3.35. The molecule has 0 spiro atoms. The summed E-state index contributed by atoms with van der Waals surface area (Å²) >= 11 is 0. The first kappa shape index (κ1) is 18.2. The Morgan fingerprint density at radius 3 is 2.89 bits per heavy atom. The van der Waals surface area contributed by atoms with Crippen LogP contribution in [0, 0.1) is 11.8 Å². The van der Waals surface area contributed by atoms with Crippen molar-refractivity contribution in [2.45, 2.75) is 37.8 Å². The molecule has 0 radical (unpaired) electrons. The molecular formula is C19H27N5O3. The van der Waals surface area contributed by atoms with Gasteiger partial charge in [-0.15, -0.1) is 0 Å². The maximum Gasteiger partial charge on any atom is 0.229 e. The number of anilines is 1. The van der Waals surface area contributed by atoms with Crippen LogP contribution in [0.3, 0.4) is 0 Å². The average Bonchev–Trinajstić information content (AvgIpc) is 3.40. The van der Waals surface area contributed by atoms with Crippen molar-refractivity contribution in [1.82, 2.24) is 19.6 Å². The van der Waals surface area contributed by atoms with Crippen LogP contribution in [0.25, 0.3) is 0 Å². The number of carbonyl (C=O) groups is 1. The maximum absolute atomic E-state index is 13.1. The van der Waals surface area contributed by atoms with E-state index in [4.69, 9.17) is 9.47 Å². The predicted octanol–water partition coefficient (Wildman–Crippen LogP) is 1.68. The van der Waals surface area contributed by atoms with Gasteiger partial charge in [-0.1, -0.05) is 0 Å². The van der Waals surface area contributed by atoms with E-state index in [1.807, 2.05) is 23.1 Å². The predicted molar refractivity (Wildman–Crippen MR) is 99.3 cm³/mol. The van der Waals surface area contributed by atoms with Gasteiger partial charge in [0.25, 0.3) is 0 Å². The summed E-state index contributed by atoms with van der Waals surface area (Å²) in [5.74, 6) is 1.11. The lowest BCUT2D eigenvalue weighted by Crippen LogP contribution is -2.51. The first-order valence-corrected chi connectivity index (χ1v) is 9.52. The Morgan fingerprint density at radius 1 is 1.30 bits per heavy atom. The van der Waals surface area contributed by atoms with Gasteiger partial charge in [-0.25, -0.2) is 0 Å². The lowest BCUT2D eigenvalue weighted by atomic mass is 9.58. The van der Waals surface area contributed by atoms with Gasteiger partial charge in [-0.2, -0.15) is 10.2 Å². The zero-order valence-corrected chi connectivity index (χ0v) is 15.9. The first-order valence-electron chi connectivity index (χ1n) is 9.52. The van der Waals surface area contributed by atoms with Crippen LogP contribution in [0.1, 0.15) is 25.0 Å². The fourth-order valence-corrected chi connectivity index (χ4v) is 4.88. The summed E-state index contributed by atoms with van der Waals surface area (Å²) in [5, 5.41) is 11.9. The molecule has 2 aromatic heterocycles. The minimum Gasteiger partial charge on any atom is -0.383 e. The fourth-order valence-electron chi connectivity index (χ4n) is 4.88. The number of hydrogen-bond acceptors (Lipinski definition) is 5. The molecule has 3 saturated carbocycles. The number of methoxy groups -OCH3 is 2. The van der Waals surface area contributed by atoms with Crippen LogP contribution in [0.5, 0.6) is 0 Å². The van der Waals surface area contributed by atoms with Crippen molar-refractivity contribution >= 4 is 11.7 Å². The summed E-state index contributed by atoms with van der Waals surface area (Å²) in [6.45, 7) is 2.59. The van der Waals surface area contributed by atoms with Gasteiger partial charge >= 0.3 is 0 Å². The van der Waals surface area contributed by atoms with Gasteiger partial charge in [-0.05, 0) is 31.2 Å². The second-order valence-corrected chi connectivity index (χ2v) is 7.52. The topological polar surface area (TPSA) is 83.2 Å². The molecule has 3 fully saturated rings. The Hall–Kier alpha value is -2.19. The standard InChI is InChI=1S/C19H27N5O3/c1-26-11-9-23-8-5-16(22-23)21-18(25)17-14-3-6-19(17,13-14)15-4-7-20-24(15)10-12-27-2/h4-5,7-8,14,17H,3,6,9-13H2,1-2H3,(H,21,22,25). The van der Waals surface area contributed by atoms with E-state index in [0.29, 0.717) is 38.0 Å². The third kappa shape index (κ3) is 3.17. The molecule has 27 heavy (non-hydrogen) atoms. The molecule has 3 atom stereocenters. The zero-order valence-electron chi connectivity index (χ0n) is 15.9. The highest BCUT2D eigenvalue weighted by Crippen LogP contribution is 2.64. The van der Waals surface area contributed by atoms with Crippen molar-refractivity contribution in [3.8, 4) is 0 Å². The van der Waals surface area contributed by atoms with Crippen LogP contribution >= 0.6 is 0 Å². The molecule has 146 valence electrons. The van der Waals surface area contributed by atoms with Crippen LogP contribution in [-0.2, 0) is 32.8 Å². The third-order valence-electron chi connectivity index (χ3n) is 6.09. The van der Waals surface area contributed by atoms with E-state index in [1.165, 1.54) is 5.69 Å². The Kier molecular flexibility index (Phi) is 5.01. The van der Waals surface area contributed by atoms with E-state index < -0.39 is 0 Å². The average molecular weight is 373 g/mol. The first-order chi connectivity index (χ1) is 13.2. The molecule has 3 aliphatic carbocycles. The van der Waals surface area contributed by atoms with Crippen LogP contribution in [0.2, 0.25) is 0 Å². The van der Waals surface area contributed by atoms with Crippen molar-refractivity contribution < 1.29 is 14.3 Å². The van der Waals surface area contributed by atoms with E-state index in [-0.39, 0.29) is 17.2 Å². The summed E-state index contributed by atoms with van der Waals surface area (Å²) in [4.78, 5) is 13.1. The van der Waals surface area contributed by atoms with Gasteiger partial charge in [0, 0.05) is 43.8 Å². The second-order valence-electron chi connectivity index (χ2n) is 7.52. The highest BCUT2D eigenvalue weighted by atomic mass is 16.5. The van der Waals surface area contributed by atoms with Crippen LogP contribution < -0.4 is 5.32 Å². The van der Waals surface area contributed by atoms with Gasteiger partial charge in [-0.3, -0.25) is 14.2 Å². The van der Waals surface area contributed by atoms with Crippen LogP contribution in [0.15, 0.2) is 24.5 Å². The summed E-state index contributed by atoms with van der Waals surface area (Å²) in [5.41, 5.74) is 1.07. The van der Waals surface area contributed by atoms with Crippen molar-refractivity contribution in [3.63, 3.8) is 0 Å². The minimum absolute atomic E-state index is 0.0142. The number of fused-ring (bicyclic) bond motifs is 1. The molecule has 3 aliphatic rings. The third-order valence-corrected chi connectivity index (χ3v) is 6.09. The summed E-state index contributed by atoms with van der Waals surface area (Å²) in [6, 6.07) is 3.90. The van der Waals surface area contributed by atoms with Crippen molar-refractivity contribution in [1.29, 1.82) is 0 Å². The molecule has 0 saturated heterocycles. The van der Waals surface area contributed by atoms with Crippen molar-refractivity contribution in [2.24, 2.45) is 11.8 Å². The van der Waals surface area contributed by atoms with E-state index in [1.54, 1.807) is 18.9 Å². The number of amides is 1. The van der Waals surface area contributed by atoms with E-state index >= 15 is 0 Å². The quantitative estimate of drug-likeness (QED) is 0.723. The smallest absolute Gasteiger partial charge is 0.229 e. The normalized spacial score (nSPS) is 26.1. The summed E-state index contributed by atoms with van der Waals surface area (Å²) < 4.78 is 14.1. The lowest BCUT2D eigenvalue weighted by molar-refractivity contribution is -0.127. The van der Waals surface area contributed by atoms with Crippen molar-refractivity contribution in [3.05, 3.63) is 30.2 Å². The fraction of sp³-hybridized carbons (Fsp3) is 0.632. The number of ether oxygens (including phenoxy) is 2. The van der Waals surface area contributed by atoms with Gasteiger partial charge in [0.15, 0.2) is 5.82 Å². The number of carbonyl (C=O) groups excluding carboxylic acids is 1. The summed E-state index contributed by atoms with van der Waals surface area (Å²) in [6.07, 6.45) is 6.88. The molecule has 3 unspecified atom stereocenters. The number of aromatic nitrogens is 4. The number of rotatable bonds is 9.